The molecule has 0 saturated heterocycles. The van der Waals surface area contributed by atoms with Crippen molar-refractivity contribution < 1.29 is 0 Å². The van der Waals surface area contributed by atoms with Crippen LogP contribution in [0.1, 0.15) is 89.0 Å². The first kappa shape index (κ1) is 22.1. The van der Waals surface area contributed by atoms with Gasteiger partial charge in [-0.1, -0.05) is 103 Å². The molecule has 0 unspecified atom stereocenters. The molecule has 2 aromatic carbocycles. The summed E-state index contributed by atoms with van der Waals surface area (Å²) in [5.41, 5.74) is 12.5. The molecular weight excluding hydrogens is 364 g/mol. The summed E-state index contributed by atoms with van der Waals surface area (Å²) in [6, 6.07) is 15.1. The average Bonchev–Trinajstić information content (AvgIpc) is 3.18. The highest BCUT2D eigenvalue weighted by Crippen LogP contribution is 2.40. The van der Waals surface area contributed by atoms with Crippen LogP contribution in [0.2, 0.25) is 0 Å². The molecule has 0 saturated carbocycles. The maximum Gasteiger partial charge on any atom is 0.0630 e. The van der Waals surface area contributed by atoms with Gasteiger partial charge in [0.2, 0.25) is 0 Å². The summed E-state index contributed by atoms with van der Waals surface area (Å²) in [6.07, 6.45) is 7.52. The lowest BCUT2D eigenvalue weighted by molar-refractivity contribution is 0.520. The Labute approximate surface area is 182 Å². The fraction of sp³-hybridized carbons (Fsp3) is 0.393. The highest BCUT2D eigenvalue weighted by atomic mass is 15.3. The van der Waals surface area contributed by atoms with Crippen LogP contribution in [-0.2, 0) is 0 Å². The monoisotopic (exact) mass is 400 g/mol. The van der Waals surface area contributed by atoms with Crippen molar-refractivity contribution in [3.63, 3.8) is 0 Å². The van der Waals surface area contributed by atoms with Gasteiger partial charge in [-0.2, -0.15) is 5.10 Å². The Hall–Kier alpha value is -2.61. The van der Waals surface area contributed by atoms with E-state index in [2.05, 4.69) is 109 Å². The molecule has 2 aromatic rings. The Morgan fingerprint density at radius 3 is 2.13 bits per heavy atom. The van der Waals surface area contributed by atoms with Gasteiger partial charge in [0, 0.05) is 5.56 Å². The number of hydrazone groups is 1. The summed E-state index contributed by atoms with van der Waals surface area (Å²) in [5, 5.41) is 4.70. The van der Waals surface area contributed by atoms with Gasteiger partial charge >= 0.3 is 0 Å². The maximum atomic E-state index is 4.70. The van der Waals surface area contributed by atoms with E-state index < -0.39 is 0 Å². The molecule has 0 aliphatic heterocycles. The number of hydrogen-bond acceptors (Lipinski definition) is 2. The van der Waals surface area contributed by atoms with Crippen molar-refractivity contribution in [1.82, 2.24) is 0 Å². The van der Waals surface area contributed by atoms with Gasteiger partial charge < -0.3 is 0 Å². The summed E-state index contributed by atoms with van der Waals surface area (Å²) in [5.74, 6) is 0.885. The van der Waals surface area contributed by atoms with Crippen LogP contribution in [-0.4, -0.2) is 6.21 Å². The van der Waals surface area contributed by atoms with Crippen molar-refractivity contribution in [2.75, 3.05) is 5.43 Å². The fourth-order valence-corrected chi connectivity index (χ4v) is 4.19. The summed E-state index contributed by atoms with van der Waals surface area (Å²) in [7, 11) is 0. The van der Waals surface area contributed by atoms with E-state index in [0.717, 1.165) is 17.7 Å². The second-order valence-corrected chi connectivity index (χ2v) is 9.83. The Balaban J connectivity index is 1.96. The van der Waals surface area contributed by atoms with E-state index in [-0.39, 0.29) is 5.41 Å². The first-order chi connectivity index (χ1) is 14.2. The minimum Gasteiger partial charge on any atom is -0.278 e. The average molecular weight is 401 g/mol. The summed E-state index contributed by atoms with van der Waals surface area (Å²) in [6.45, 7) is 15.8. The van der Waals surface area contributed by atoms with E-state index in [9.17, 15) is 0 Å². The normalized spacial score (nSPS) is 14.6. The molecule has 2 heteroatoms. The third-order valence-corrected chi connectivity index (χ3v) is 5.78. The molecule has 0 fully saturated rings. The molecule has 158 valence electrons. The molecule has 3 rings (SSSR count). The Morgan fingerprint density at radius 1 is 0.900 bits per heavy atom. The molecule has 0 spiro atoms. The second-order valence-electron chi connectivity index (χ2n) is 9.83. The number of benzene rings is 2. The zero-order valence-corrected chi connectivity index (χ0v) is 19.6. The smallest absolute Gasteiger partial charge is 0.0630 e. The number of nitrogens with zero attached hydrogens (tertiary/aromatic N) is 1. The lowest BCUT2D eigenvalue weighted by Gasteiger charge is -2.22. The predicted octanol–water partition coefficient (Wildman–Crippen LogP) is 8.14. The molecule has 1 aliphatic carbocycles. The van der Waals surface area contributed by atoms with Crippen LogP contribution < -0.4 is 5.43 Å². The van der Waals surface area contributed by atoms with E-state index in [4.69, 9.17) is 5.10 Å². The van der Waals surface area contributed by atoms with Gasteiger partial charge in [0.25, 0.3) is 0 Å². The van der Waals surface area contributed by atoms with E-state index >= 15 is 0 Å². The zero-order valence-electron chi connectivity index (χ0n) is 19.6. The SMILES string of the molecule is CC(C)c1cccc(C(C)C)c1N/N=C/c1ccccc1C1=C(C(C)(C)C)C=CC1. The Kier molecular flexibility index (Phi) is 6.65. The molecule has 0 bridgehead atoms. The lowest BCUT2D eigenvalue weighted by Crippen LogP contribution is -2.09. The third-order valence-electron chi connectivity index (χ3n) is 5.78. The van der Waals surface area contributed by atoms with Crippen molar-refractivity contribution in [3.05, 3.63) is 82.4 Å². The maximum absolute atomic E-state index is 4.70. The van der Waals surface area contributed by atoms with Crippen LogP contribution in [0.5, 0.6) is 0 Å². The van der Waals surface area contributed by atoms with Crippen LogP contribution in [0.15, 0.2) is 65.3 Å². The molecule has 0 amide bonds. The van der Waals surface area contributed by atoms with Crippen LogP contribution >= 0.6 is 0 Å². The van der Waals surface area contributed by atoms with E-state index in [0.29, 0.717) is 11.8 Å². The molecule has 30 heavy (non-hydrogen) atoms. The number of allylic oxidation sites excluding steroid dienone is 4. The largest absolute Gasteiger partial charge is 0.278 e. The van der Waals surface area contributed by atoms with Crippen molar-refractivity contribution in [2.45, 2.75) is 66.7 Å². The first-order valence-electron chi connectivity index (χ1n) is 11.1. The number of rotatable bonds is 6. The van der Waals surface area contributed by atoms with Gasteiger partial charge in [-0.15, -0.1) is 0 Å². The lowest BCUT2D eigenvalue weighted by atomic mass is 9.82. The molecule has 0 atom stereocenters. The van der Waals surface area contributed by atoms with Gasteiger partial charge in [0.15, 0.2) is 0 Å². The van der Waals surface area contributed by atoms with Gasteiger partial charge in [0.1, 0.15) is 0 Å². The number of nitrogens with one attached hydrogen (secondary N) is 1. The molecule has 0 heterocycles. The van der Waals surface area contributed by atoms with Crippen molar-refractivity contribution >= 4 is 17.5 Å². The topological polar surface area (TPSA) is 24.4 Å². The van der Waals surface area contributed by atoms with Crippen molar-refractivity contribution in [2.24, 2.45) is 10.5 Å². The molecular formula is C28H36N2. The minimum absolute atomic E-state index is 0.132. The van der Waals surface area contributed by atoms with E-state index in [1.54, 1.807) is 0 Å². The van der Waals surface area contributed by atoms with Crippen LogP contribution in [0.25, 0.3) is 5.57 Å². The molecule has 1 aliphatic rings. The van der Waals surface area contributed by atoms with E-state index in [1.165, 1.54) is 27.8 Å². The first-order valence-corrected chi connectivity index (χ1v) is 11.1. The third kappa shape index (κ3) is 4.75. The van der Waals surface area contributed by atoms with Gasteiger partial charge in [0.05, 0.1) is 11.9 Å². The van der Waals surface area contributed by atoms with Gasteiger partial charge in [-0.25, -0.2) is 0 Å². The number of para-hydroxylation sites is 1. The molecule has 1 N–H and O–H groups in total. The molecule has 0 aromatic heterocycles. The summed E-state index contributed by atoms with van der Waals surface area (Å²) < 4.78 is 0. The molecule has 2 nitrogen and oxygen atoms in total. The predicted molar refractivity (Wildman–Crippen MR) is 132 cm³/mol. The molecule has 0 radical (unpaired) electrons. The van der Waals surface area contributed by atoms with Crippen molar-refractivity contribution in [3.8, 4) is 0 Å². The highest BCUT2D eigenvalue weighted by Gasteiger charge is 2.23. The number of hydrogen-bond donors (Lipinski definition) is 1. The van der Waals surface area contributed by atoms with Crippen LogP contribution in [0.4, 0.5) is 5.69 Å². The standard InChI is InChI=1S/C28H36N2/c1-19(2)22-14-10-15-23(20(3)4)27(22)30-29-18-21-12-8-9-13-24(21)25-16-11-17-26(25)28(5,6)7/h8-15,17-20,30H,16H2,1-7H3/b29-18+. The van der Waals surface area contributed by atoms with Crippen LogP contribution in [0, 0.1) is 5.41 Å². The van der Waals surface area contributed by atoms with Gasteiger partial charge in [-0.3, -0.25) is 5.43 Å². The van der Waals surface area contributed by atoms with Crippen LogP contribution in [0.3, 0.4) is 0 Å². The Morgan fingerprint density at radius 2 is 1.53 bits per heavy atom. The summed E-state index contributed by atoms with van der Waals surface area (Å²) in [4.78, 5) is 0. The van der Waals surface area contributed by atoms with E-state index in [1.807, 2.05) is 6.21 Å². The minimum atomic E-state index is 0.132. The highest BCUT2D eigenvalue weighted by molar-refractivity contribution is 5.91. The Bertz CT molecular complexity index is 956. The summed E-state index contributed by atoms with van der Waals surface area (Å²) >= 11 is 0. The fourth-order valence-electron chi connectivity index (χ4n) is 4.19. The van der Waals surface area contributed by atoms with Gasteiger partial charge in [-0.05, 0) is 51.5 Å². The second kappa shape index (κ2) is 9.04. The van der Waals surface area contributed by atoms with Crippen molar-refractivity contribution in [1.29, 1.82) is 0 Å². The zero-order chi connectivity index (χ0) is 21.9. The number of anilines is 1. The quantitative estimate of drug-likeness (QED) is 0.384.